The van der Waals surface area contributed by atoms with Crippen LogP contribution in [0, 0.1) is 0 Å². The second-order valence-corrected chi connectivity index (χ2v) is 0. The Morgan fingerprint density at radius 3 is 1.00 bits per heavy atom. The topological polar surface area (TPSA) is 0 Å². The zero-order valence-electron chi connectivity index (χ0n) is 1.95. The third-order valence-electron chi connectivity index (χ3n) is 0. The third-order valence-corrected chi connectivity index (χ3v) is 0. The summed E-state index contributed by atoms with van der Waals surface area (Å²) in [6.45, 7) is 0. The van der Waals surface area contributed by atoms with Crippen LogP contribution >= 0.6 is 0 Å². The maximum atomic E-state index is 0. The van der Waals surface area contributed by atoms with E-state index in [1.165, 1.54) is 0 Å². The number of hydrogen-bond donors (Lipinski definition) is 0. The molecule has 0 saturated carbocycles. The van der Waals surface area contributed by atoms with Crippen molar-refractivity contribution < 1.29 is 0 Å². The van der Waals surface area contributed by atoms with Crippen molar-refractivity contribution in [3.05, 3.63) is 0 Å². The molecule has 0 aromatic carbocycles. The van der Waals surface area contributed by atoms with E-state index in [-0.39, 0.29) is 99.2 Å². The van der Waals surface area contributed by atoms with E-state index in [1.807, 2.05) is 0 Å². The minimum atomic E-state index is 0. The van der Waals surface area contributed by atoms with Gasteiger partial charge in [0.05, 0.1) is 0 Å². The van der Waals surface area contributed by atoms with Crippen molar-refractivity contribution >= 4 is 99.2 Å². The van der Waals surface area contributed by atoms with E-state index in [9.17, 15) is 0 Å². The van der Waals surface area contributed by atoms with E-state index in [1.54, 1.807) is 0 Å². The van der Waals surface area contributed by atoms with Crippen molar-refractivity contribution in [2.24, 2.45) is 0 Å². The average Bonchev–Trinajstić information content (AvgIpc) is 0. The van der Waals surface area contributed by atoms with Gasteiger partial charge in [-0.05, 0) is 0 Å². The summed E-state index contributed by atoms with van der Waals surface area (Å²) in [5.74, 6) is 0. The van der Waals surface area contributed by atoms with Crippen molar-refractivity contribution in [1.29, 1.82) is 0 Å². The van der Waals surface area contributed by atoms with Crippen LogP contribution in [-0.2, 0) is 13.5 Å². The van der Waals surface area contributed by atoms with E-state index in [2.05, 4.69) is 0 Å². The molecule has 0 unspecified atom stereocenters. The Hall–Kier alpha value is 3.08. The molecule has 0 rings (SSSR count). The fourth-order valence-corrected chi connectivity index (χ4v) is 0. The minimum absolute atomic E-state index is 0. The average molecular weight is 325 g/mol. The molecule has 0 heterocycles. The number of rotatable bonds is 0. The normalized spacial score (nSPS) is 0. The van der Waals surface area contributed by atoms with Crippen LogP contribution in [0.1, 0.15) is 0 Å². The fourth-order valence-electron chi connectivity index (χ4n) is 0. The molecule has 24 valence electrons. The van der Waals surface area contributed by atoms with Crippen LogP contribution < -0.4 is 0 Å². The molecule has 0 nitrogen and oxygen atoms in total. The van der Waals surface area contributed by atoms with Crippen molar-refractivity contribution in [1.82, 2.24) is 0 Å². The van der Waals surface area contributed by atoms with Crippen LogP contribution in [0.25, 0.3) is 0 Å². The van der Waals surface area contributed by atoms with Gasteiger partial charge in [0.2, 0.25) is 0 Å². The molecule has 0 aromatic heterocycles. The van der Waals surface area contributed by atoms with E-state index >= 15 is 0 Å². The molecule has 0 aliphatic heterocycles. The first-order valence-corrected chi connectivity index (χ1v) is 0. The van der Waals surface area contributed by atoms with Crippen LogP contribution in [0.2, 0.25) is 0 Å². The molecule has 0 aromatic rings. The Labute approximate surface area is 96.9 Å². The van der Waals surface area contributed by atoms with Crippen molar-refractivity contribution in [3.63, 3.8) is 0 Å². The quantitative estimate of drug-likeness (QED) is 0.260. The van der Waals surface area contributed by atoms with Gasteiger partial charge in [-0.1, -0.05) is 0 Å². The van der Waals surface area contributed by atoms with Gasteiger partial charge in [-0.25, -0.2) is 0 Å². The summed E-state index contributed by atoms with van der Waals surface area (Å²) in [5, 5.41) is 0. The van der Waals surface area contributed by atoms with Gasteiger partial charge in [0.25, 0.3) is 0 Å². The Morgan fingerprint density at radius 1 is 1.00 bits per heavy atom. The van der Waals surface area contributed by atoms with Gasteiger partial charge in [-0.2, -0.15) is 0 Å². The molecule has 0 amide bonds. The van der Waals surface area contributed by atoms with Gasteiger partial charge < -0.3 is 13.5 Å². The molecule has 0 N–H and O–H groups in total. The predicted molar refractivity (Wildman–Crippen MR) is 34.4 cm³/mol. The van der Waals surface area contributed by atoms with Crippen LogP contribution in [-0.4, -0.2) is 85.7 Å². The molecule has 0 saturated heterocycles. The second kappa shape index (κ2) is 16.5. The molecule has 4 heteroatoms. The Morgan fingerprint density at radius 2 is 1.00 bits per heavy atom. The van der Waals surface area contributed by atoms with Crippen molar-refractivity contribution in [3.8, 4) is 0 Å². The zero-order chi connectivity index (χ0) is 0. The zero-order valence-corrected chi connectivity index (χ0v) is 11.2. The van der Waals surface area contributed by atoms with Crippen molar-refractivity contribution in [2.75, 3.05) is 0 Å². The summed E-state index contributed by atoms with van der Waals surface area (Å²) >= 11 is 0. The Kier molecular flexibility index (Phi) is 114. The molecular formula is H7BaGaSSe. The van der Waals surface area contributed by atoms with E-state index in [0.29, 0.717) is 0 Å². The standard InChI is InChI=1S/Ba.Ga.H2S.H2Se.4H/h;;2*1H2;;;;/q+1;;;;;;;/p-1. The molecule has 0 bridgehead atoms. The van der Waals surface area contributed by atoms with Gasteiger partial charge in [0.15, 0.2) is 0 Å². The first kappa shape index (κ1) is 27.6. The van der Waals surface area contributed by atoms with Gasteiger partial charge in [-0.3, -0.25) is 0 Å². The maximum absolute atomic E-state index is 0. The summed E-state index contributed by atoms with van der Waals surface area (Å²) in [7, 11) is 0. The van der Waals surface area contributed by atoms with Crippen LogP contribution in [0.4, 0.5) is 0 Å². The van der Waals surface area contributed by atoms with Gasteiger partial charge in [-0.15, -0.1) is 0 Å². The van der Waals surface area contributed by atoms with Gasteiger partial charge in [0.1, 0.15) is 0 Å². The molecule has 0 atom stereocenters. The first-order chi connectivity index (χ1) is 0. The first-order valence-electron chi connectivity index (χ1n) is 0. The summed E-state index contributed by atoms with van der Waals surface area (Å²) in [6, 6.07) is 0. The molecule has 0 spiro atoms. The van der Waals surface area contributed by atoms with Crippen LogP contribution in [0.5, 0.6) is 0 Å². The SMILES string of the molecule is [BaH+].[GaH3].[SH-].[SeH2]. The third kappa shape index (κ3) is 8.91. The van der Waals surface area contributed by atoms with Gasteiger partial charge in [0, 0.05) is 0 Å². The van der Waals surface area contributed by atoms with E-state index in [4.69, 9.17) is 0 Å². The summed E-state index contributed by atoms with van der Waals surface area (Å²) in [5.41, 5.74) is 0. The van der Waals surface area contributed by atoms with Crippen molar-refractivity contribution in [2.45, 2.75) is 0 Å². The number of thiol groups is 1. The predicted octanol–water partition coefficient (Wildman–Crippen LogP) is -3.02. The molecule has 0 radical (unpaired) electrons. The van der Waals surface area contributed by atoms with E-state index < -0.39 is 0 Å². The molecule has 0 aliphatic carbocycles. The van der Waals surface area contributed by atoms with Gasteiger partial charge >= 0.3 is 85.7 Å². The molecule has 0 aliphatic rings. The Bertz CT molecular complexity index is 8.00. The van der Waals surface area contributed by atoms with E-state index in [0.717, 1.165) is 0 Å². The molecular weight excluding hydrogens is 318 g/mol. The Balaban J connectivity index is 0. The fraction of sp³-hybridized carbons (Fsp3) is 0. The summed E-state index contributed by atoms with van der Waals surface area (Å²) in [6.07, 6.45) is 0. The molecule has 4 heavy (non-hydrogen) atoms. The monoisotopic (exact) mass is 326 g/mol. The number of hydrogen-bond acceptors (Lipinski definition) is 1. The summed E-state index contributed by atoms with van der Waals surface area (Å²) in [4.78, 5) is 0. The molecule has 0 fully saturated rings. The van der Waals surface area contributed by atoms with Crippen LogP contribution in [0.3, 0.4) is 0 Å². The van der Waals surface area contributed by atoms with Crippen LogP contribution in [0.15, 0.2) is 0 Å². The second-order valence-electron chi connectivity index (χ2n) is 0. The summed E-state index contributed by atoms with van der Waals surface area (Å²) < 4.78 is 0.